The molecule has 0 aromatic carbocycles. The normalized spacial score (nSPS) is 12.3. The van der Waals surface area contributed by atoms with E-state index in [0.29, 0.717) is 25.7 Å². The topological polar surface area (TPSA) is 146 Å². The Morgan fingerprint density at radius 2 is 0.420 bits per heavy atom. The highest BCUT2D eigenvalue weighted by molar-refractivity contribution is 5.71. The third kappa shape index (κ3) is 73.5. The molecule has 0 saturated carbocycles. The molecule has 2 N–H and O–H groups in total. The lowest BCUT2D eigenvalue weighted by molar-refractivity contribution is -0.161. The number of unbranched alkanes of at least 4 members (excludes halogenated alkanes) is 44. The van der Waals surface area contributed by atoms with Gasteiger partial charge in [-0.05, 0) is 128 Å². The Kier molecular flexibility index (Phi) is 75.2. The van der Waals surface area contributed by atoms with Gasteiger partial charge in [-0.1, -0.05) is 282 Å². The zero-order valence-corrected chi connectivity index (χ0v) is 58.4. The number of aliphatic hydroxyl groups is 2. The largest absolute Gasteiger partial charge is 0.462 e. The molecule has 0 aliphatic carbocycles. The maximum absolute atomic E-state index is 12.1. The molecule has 10 heteroatoms. The van der Waals surface area contributed by atoms with E-state index in [1.165, 1.54) is 231 Å². The van der Waals surface area contributed by atoms with Gasteiger partial charge in [0.15, 0.2) is 12.2 Å². The average molecular weight is 1240 g/mol. The summed E-state index contributed by atoms with van der Waals surface area (Å²) in [6.45, 7) is 8.22. The Bertz CT molecular complexity index is 1460. The van der Waals surface area contributed by atoms with Crippen molar-refractivity contribution in [2.75, 3.05) is 26.4 Å². The van der Waals surface area contributed by atoms with Gasteiger partial charge in [-0.3, -0.25) is 19.2 Å². The van der Waals surface area contributed by atoms with Crippen LogP contribution in [0.15, 0.2) is 48.6 Å². The van der Waals surface area contributed by atoms with Gasteiger partial charge >= 0.3 is 23.9 Å². The van der Waals surface area contributed by atoms with Crippen molar-refractivity contribution in [3.63, 3.8) is 0 Å². The number of hydrogen-bond acceptors (Lipinski definition) is 10. The predicted octanol–water partition coefficient (Wildman–Crippen LogP) is 23.0. The molecule has 2 atom stereocenters. The Morgan fingerprint density at radius 3 is 0.614 bits per heavy atom. The van der Waals surface area contributed by atoms with Crippen molar-refractivity contribution in [3.8, 4) is 0 Å². The molecule has 0 heterocycles. The number of carbonyl (C=O) groups excluding carboxylic acids is 4. The van der Waals surface area contributed by atoms with Crippen LogP contribution >= 0.6 is 0 Å². The van der Waals surface area contributed by atoms with Crippen LogP contribution in [0.1, 0.15) is 387 Å². The molecular formula is C78H144O10. The molecule has 0 saturated heterocycles. The minimum atomic E-state index is -0.774. The van der Waals surface area contributed by atoms with Crippen molar-refractivity contribution < 1.29 is 48.3 Å². The second kappa shape index (κ2) is 76.2. The fourth-order valence-corrected chi connectivity index (χ4v) is 10.6. The van der Waals surface area contributed by atoms with Crippen molar-refractivity contribution in [1.82, 2.24) is 0 Å². The highest BCUT2D eigenvalue weighted by Crippen LogP contribution is 2.16. The van der Waals surface area contributed by atoms with E-state index >= 15 is 0 Å². The number of hydrogen-bond donors (Lipinski definition) is 2. The monoisotopic (exact) mass is 1240 g/mol. The summed E-state index contributed by atoms with van der Waals surface area (Å²) >= 11 is 0. The van der Waals surface area contributed by atoms with E-state index in [-0.39, 0.29) is 50.3 Å². The van der Waals surface area contributed by atoms with Crippen molar-refractivity contribution in [2.45, 2.75) is 399 Å². The van der Waals surface area contributed by atoms with Crippen LogP contribution in [-0.4, -0.2) is 72.7 Å². The van der Waals surface area contributed by atoms with Crippen LogP contribution in [0.25, 0.3) is 0 Å². The van der Waals surface area contributed by atoms with Crippen LogP contribution < -0.4 is 0 Å². The number of esters is 4. The Morgan fingerprint density at radius 1 is 0.250 bits per heavy atom. The Hall–Kier alpha value is -3.24. The molecule has 516 valence electrons. The Labute approximate surface area is 544 Å². The zero-order valence-electron chi connectivity index (χ0n) is 58.4. The molecule has 0 bridgehead atoms. The minimum absolute atomic E-state index is 0.0709. The number of aliphatic hydroxyl groups excluding tert-OH is 2. The number of ether oxygens (including phenoxy) is 4. The van der Waals surface area contributed by atoms with Gasteiger partial charge in [0.25, 0.3) is 0 Å². The number of carbonyl (C=O) groups is 4. The van der Waals surface area contributed by atoms with E-state index in [1.54, 1.807) is 0 Å². The van der Waals surface area contributed by atoms with Crippen molar-refractivity contribution >= 4 is 23.9 Å². The quantitative estimate of drug-likeness (QED) is 0.0261. The zero-order chi connectivity index (χ0) is 64.4. The molecule has 0 fully saturated rings. The highest BCUT2D eigenvalue weighted by Gasteiger charge is 2.17. The smallest absolute Gasteiger partial charge is 0.306 e. The standard InChI is InChI=1S/2C39H72O5/c2*1-3-5-7-9-11-13-15-17-19-21-23-25-27-29-31-33-38(41)43-36-37(35-40)44-39(42)34-32-30-28-26-24-22-20-18-16-14-12-10-8-6-4-2/h2*17-20,37,40H,3-16,21-36H2,1-2H3/t37-;/m0./s1. The summed E-state index contributed by atoms with van der Waals surface area (Å²) in [6.07, 6.45) is 81.7. The SMILES string of the molecule is CCCCCCCCC=CCCCCCCCC(=O)OCC(CO)OC(=O)CCCCCCCC=CCCCCCCCC.CCCCCCCCC=CCCCCCCCC(=O)OC[C@H](CO)OC(=O)CCCCCCCC=CCCCCCCCC. The van der Waals surface area contributed by atoms with Gasteiger partial charge in [-0.2, -0.15) is 0 Å². The van der Waals surface area contributed by atoms with Gasteiger partial charge in [0.1, 0.15) is 13.2 Å². The average Bonchev–Trinajstić information content (AvgIpc) is 3.53. The first-order valence-electron chi connectivity index (χ1n) is 37.8. The first-order valence-corrected chi connectivity index (χ1v) is 37.8. The summed E-state index contributed by atoms with van der Waals surface area (Å²) in [5, 5.41) is 19.1. The summed E-state index contributed by atoms with van der Waals surface area (Å²) in [5.74, 6) is -1.21. The third-order valence-electron chi connectivity index (χ3n) is 16.4. The summed E-state index contributed by atoms with van der Waals surface area (Å²) in [5.41, 5.74) is 0. The first kappa shape index (κ1) is 86.8. The molecule has 10 nitrogen and oxygen atoms in total. The van der Waals surface area contributed by atoms with Crippen LogP contribution in [-0.2, 0) is 38.1 Å². The predicted molar refractivity (Wildman–Crippen MR) is 374 cm³/mol. The van der Waals surface area contributed by atoms with Gasteiger partial charge in [-0.25, -0.2) is 0 Å². The van der Waals surface area contributed by atoms with Crippen molar-refractivity contribution in [2.24, 2.45) is 0 Å². The fourth-order valence-electron chi connectivity index (χ4n) is 10.6. The Balaban J connectivity index is 0. The van der Waals surface area contributed by atoms with Crippen molar-refractivity contribution in [1.29, 1.82) is 0 Å². The second-order valence-electron chi connectivity index (χ2n) is 25.3. The van der Waals surface area contributed by atoms with Gasteiger partial charge in [0, 0.05) is 25.7 Å². The molecule has 0 amide bonds. The highest BCUT2D eigenvalue weighted by atomic mass is 16.6. The number of allylic oxidation sites excluding steroid dienone is 8. The van der Waals surface area contributed by atoms with E-state index in [4.69, 9.17) is 18.9 Å². The summed E-state index contributed by atoms with van der Waals surface area (Å²) in [7, 11) is 0. The molecular weight excluding hydrogens is 1100 g/mol. The molecule has 1 unspecified atom stereocenters. The maximum atomic E-state index is 12.1. The van der Waals surface area contributed by atoms with Gasteiger partial charge in [0.2, 0.25) is 0 Å². The first-order chi connectivity index (χ1) is 43.3. The van der Waals surface area contributed by atoms with Crippen LogP contribution in [0.5, 0.6) is 0 Å². The summed E-state index contributed by atoms with van der Waals surface area (Å²) < 4.78 is 21.1. The van der Waals surface area contributed by atoms with E-state index in [2.05, 4.69) is 76.3 Å². The van der Waals surface area contributed by atoms with Crippen LogP contribution in [0.4, 0.5) is 0 Å². The van der Waals surface area contributed by atoms with E-state index in [1.807, 2.05) is 0 Å². The molecule has 88 heavy (non-hydrogen) atoms. The van der Waals surface area contributed by atoms with E-state index < -0.39 is 12.2 Å². The third-order valence-corrected chi connectivity index (χ3v) is 16.4. The van der Waals surface area contributed by atoms with E-state index in [9.17, 15) is 29.4 Å². The minimum Gasteiger partial charge on any atom is -0.462 e. The molecule has 0 aliphatic heterocycles. The van der Waals surface area contributed by atoms with Crippen molar-refractivity contribution in [3.05, 3.63) is 48.6 Å². The van der Waals surface area contributed by atoms with Crippen LogP contribution in [0.2, 0.25) is 0 Å². The maximum Gasteiger partial charge on any atom is 0.306 e. The molecule has 0 radical (unpaired) electrons. The van der Waals surface area contributed by atoms with Gasteiger partial charge < -0.3 is 29.2 Å². The summed E-state index contributed by atoms with van der Waals surface area (Å²) in [6, 6.07) is 0. The molecule has 0 aromatic heterocycles. The van der Waals surface area contributed by atoms with E-state index in [0.717, 1.165) is 103 Å². The fraction of sp³-hybridized carbons (Fsp3) is 0.846. The van der Waals surface area contributed by atoms with Gasteiger partial charge in [-0.15, -0.1) is 0 Å². The molecule has 0 rings (SSSR count). The molecule has 0 aromatic rings. The molecule has 0 aliphatic rings. The lowest BCUT2D eigenvalue weighted by atomic mass is 10.1. The molecule has 0 spiro atoms. The number of rotatable bonds is 68. The second-order valence-corrected chi connectivity index (χ2v) is 25.3. The van der Waals surface area contributed by atoms with Crippen LogP contribution in [0.3, 0.4) is 0 Å². The van der Waals surface area contributed by atoms with Crippen LogP contribution in [0, 0.1) is 0 Å². The summed E-state index contributed by atoms with van der Waals surface area (Å²) in [4.78, 5) is 48.4. The lowest BCUT2D eigenvalue weighted by Crippen LogP contribution is -2.28. The van der Waals surface area contributed by atoms with Gasteiger partial charge in [0.05, 0.1) is 13.2 Å². The lowest BCUT2D eigenvalue weighted by Gasteiger charge is -2.15.